The number of piperazine rings is 1. The van der Waals surface area contributed by atoms with Gasteiger partial charge in [-0.15, -0.1) is 0 Å². The van der Waals surface area contributed by atoms with Crippen molar-refractivity contribution in [3.05, 3.63) is 59.4 Å². The van der Waals surface area contributed by atoms with Gasteiger partial charge in [-0.25, -0.2) is 4.39 Å². The molecule has 162 valence electrons. The molecule has 2 unspecified atom stereocenters. The van der Waals surface area contributed by atoms with Crippen LogP contribution in [0, 0.1) is 5.82 Å². The van der Waals surface area contributed by atoms with Crippen molar-refractivity contribution in [2.75, 3.05) is 26.8 Å². The zero-order valence-corrected chi connectivity index (χ0v) is 17.7. The molecule has 7 heteroatoms. The van der Waals surface area contributed by atoms with E-state index in [1.807, 2.05) is 11.8 Å². The van der Waals surface area contributed by atoms with Crippen molar-refractivity contribution in [1.29, 1.82) is 0 Å². The first kappa shape index (κ1) is 22.1. The molecular formula is C23H29FN2O4. The molecule has 1 saturated heterocycles. The number of para-hydroxylation sites is 1. The average molecular weight is 416 g/mol. The van der Waals surface area contributed by atoms with Gasteiger partial charge in [0.1, 0.15) is 5.82 Å². The third-order valence-corrected chi connectivity index (χ3v) is 5.53. The fourth-order valence-corrected chi connectivity index (χ4v) is 3.82. The third kappa shape index (κ3) is 5.09. The molecule has 1 heterocycles. The summed E-state index contributed by atoms with van der Waals surface area (Å²) >= 11 is 0. The number of carbonyl (C=O) groups excluding carboxylic acids is 1. The van der Waals surface area contributed by atoms with Crippen LogP contribution in [0.5, 0.6) is 11.5 Å². The van der Waals surface area contributed by atoms with Crippen LogP contribution in [0.2, 0.25) is 0 Å². The summed E-state index contributed by atoms with van der Waals surface area (Å²) in [4.78, 5) is 17.0. The minimum absolute atomic E-state index is 0.0210. The van der Waals surface area contributed by atoms with E-state index in [-0.39, 0.29) is 37.0 Å². The Labute approximate surface area is 176 Å². The molecule has 0 saturated carbocycles. The van der Waals surface area contributed by atoms with E-state index in [4.69, 9.17) is 9.47 Å². The highest BCUT2D eigenvalue weighted by Crippen LogP contribution is 2.31. The lowest BCUT2D eigenvalue weighted by atomic mass is 10.1. The summed E-state index contributed by atoms with van der Waals surface area (Å²) in [6.45, 7) is 5.80. The molecule has 0 spiro atoms. The topological polar surface area (TPSA) is 62.2 Å². The Morgan fingerprint density at radius 1 is 1.13 bits per heavy atom. The maximum Gasteiger partial charge on any atom is 0.260 e. The Bertz CT molecular complexity index is 837. The highest BCUT2D eigenvalue weighted by atomic mass is 19.1. The van der Waals surface area contributed by atoms with Crippen LogP contribution in [0.15, 0.2) is 42.5 Å². The molecule has 1 N–H and O–H groups in total. The van der Waals surface area contributed by atoms with Crippen LogP contribution in [-0.4, -0.2) is 59.7 Å². The van der Waals surface area contributed by atoms with Crippen molar-refractivity contribution < 1.29 is 23.8 Å². The van der Waals surface area contributed by atoms with E-state index < -0.39 is 0 Å². The molecule has 30 heavy (non-hydrogen) atoms. The van der Waals surface area contributed by atoms with E-state index in [0.29, 0.717) is 30.2 Å². The molecule has 0 aromatic heterocycles. The van der Waals surface area contributed by atoms with Crippen LogP contribution in [0.25, 0.3) is 0 Å². The highest BCUT2D eigenvalue weighted by molar-refractivity contribution is 5.78. The van der Waals surface area contributed by atoms with Crippen molar-refractivity contribution >= 4 is 5.91 Å². The second-order valence-electron chi connectivity index (χ2n) is 7.70. The van der Waals surface area contributed by atoms with Crippen LogP contribution >= 0.6 is 0 Å². The van der Waals surface area contributed by atoms with Gasteiger partial charge in [0.05, 0.1) is 13.7 Å². The van der Waals surface area contributed by atoms with Crippen molar-refractivity contribution in [2.24, 2.45) is 0 Å². The van der Waals surface area contributed by atoms with E-state index in [1.54, 1.807) is 30.3 Å². The SMILES string of the molecule is COc1cccc(CO)c1OCC(=O)N1CC(C)N(Cc2ccc(F)cc2)CC1C. The lowest BCUT2D eigenvalue weighted by molar-refractivity contribution is -0.139. The van der Waals surface area contributed by atoms with E-state index >= 15 is 0 Å². The number of benzene rings is 2. The second-order valence-corrected chi connectivity index (χ2v) is 7.70. The molecule has 0 radical (unpaired) electrons. The zero-order chi connectivity index (χ0) is 21.7. The Hall–Kier alpha value is -2.64. The van der Waals surface area contributed by atoms with Gasteiger partial charge in [0.25, 0.3) is 5.91 Å². The predicted octanol–water partition coefficient (Wildman–Crippen LogP) is 2.83. The maximum atomic E-state index is 13.1. The first-order chi connectivity index (χ1) is 14.4. The summed E-state index contributed by atoms with van der Waals surface area (Å²) in [6.07, 6.45) is 0. The third-order valence-electron chi connectivity index (χ3n) is 5.53. The smallest absolute Gasteiger partial charge is 0.260 e. The number of carbonyl (C=O) groups is 1. The van der Waals surface area contributed by atoms with E-state index in [9.17, 15) is 14.3 Å². The van der Waals surface area contributed by atoms with Gasteiger partial charge >= 0.3 is 0 Å². The van der Waals surface area contributed by atoms with E-state index in [1.165, 1.54) is 19.2 Å². The number of halogens is 1. The standard InChI is InChI=1S/C23H29FN2O4/c1-16-12-26(17(2)11-25(16)13-18-7-9-20(24)10-8-18)22(28)15-30-23-19(14-27)5-4-6-21(23)29-3/h4-10,16-17,27H,11-15H2,1-3H3. The molecule has 0 aliphatic carbocycles. The van der Waals surface area contributed by atoms with E-state index in [2.05, 4.69) is 11.8 Å². The lowest BCUT2D eigenvalue weighted by Crippen LogP contribution is -2.58. The Morgan fingerprint density at radius 2 is 1.87 bits per heavy atom. The first-order valence-corrected chi connectivity index (χ1v) is 10.1. The fraction of sp³-hybridized carbons (Fsp3) is 0.435. The zero-order valence-electron chi connectivity index (χ0n) is 17.7. The number of ether oxygens (including phenoxy) is 2. The van der Waals surface area contributed by atoms with Crippen molar-refractivity contribution in [2.45, 2.75) is 39.1 Å². The number of hydrogen-bond acceptors (Lipinski definition) is 5. The van der Waals surface area contributed by atoms with Crippen LogP contribution in [0.3, 0.4) is 0 Å². The molecule has 1 aliphatic heterocycles. The maximum absolute atomic E-state index is 13.1. The van der Waals surface area contributed by atoms with Crippen molar-refractivity contribution in [1.82, 2.24) is 9.80 Å². The van der Waals surface area contributed by atoms with Crippen LogP contribution in [0.4, 0.5) is 4.39 Å². The van der Waals surface area contributed by atoms with Crippen molar-refractivity contribution in [3.8, 4) is 11.5 Å². The van der Waals surface area contributed by atoms with Gasteiger partial charge in [0.15, 0.2) is 18.1 Å². The van der Waals surface area contributed by atoms with Gasteiger partial charge in [-0.3, -0.25) is 9.69 Å². The molecular weight excluding hydrogens is 387 g/mol. The van der Waals surface area contributed by atoms with Gasteiger partial charge in [-0.1, -0.05) is 24.3 Å². The van der Waals surface area contributed by atoms with Gasteiger partial charge < -0.3 is 19.5 Å². The molecule has 2 aromatic rings. The predicted molar refractivity (Wildman–Crippen MR) is 112 cm³/mol. The van der Waals surface area contributed by atoms with Crippen LogP contribution in [0.1, 0.15) is 25.0 Å². The minimum Gasteiger partial charge on any atom is -0.493 e. The normalized spacial score (nSPS) is 19.6. The first-order valence-electron chi connectivity index (χ1n) is 10.1. The van der Waals surface area contributed by atoms with Crippen molar-refractivity contribution in [3.63, 3.8) is 0 Å². The molecule has 1 aliphatic rings. The molecule has 1 amide bonds. The molecule has 1 fully saturated rings. The number of aliphatic hydroxyl groups is 1. The fourth-order valence-electron chi connectivity index (χ4n) is 3.82. The summed E-state index contributed by atoms with van der Waals surface area (Å²) in [5.41, 5.74) is 1.62. The largest absolute Gasteiger partial charge is 0.493 e. The molecule has 3 rings (SSSR count). The summed E-state index contributed by atoms with van der Waals surface area (Å²) in [7, 11) is 1.52. The van der Waals surface area contributed by atoms with E-state index in [0.717, 1.165) is 12.1 Å². The number of amides is 1. The van der Waals surface area contributed by atoms with Gasteiger partial charge in [-0.2, -0.15) is 0 Å². The molecule has 0 bridgehead atoms. The number of methoxy groups -OCH3 is 1. The number of nitrogens with zero attached hydrogens (tertiary/aromatic N) is 2. The quantitative estimate of drug-likeness (QED) is 0.752. The van der Waals surface area contributed by atoms with Gasteiger partial charge in [0.2, 0.25) is 0 Å². The summed E-state index contributed by atoms with van der Waals surface area (Å²) in [5, 5.41) is 9.54. The Morgan fingerprint density at radius 3 is 2.53 bits per heavy atom. The Balaban J connectivity index is 1.61. The Kier molecular flexibility index (Phi) is 7.29. The summed E-state index contributed by atoms with van der Waals surface area (Å²) in [5.74, 6) is 0.534. The summed E-state index contributed by atoms with van der Waals surface area (Å²) < 4.78 is 24.2. The molecule has 2 aromatic carbocycles. The number of hydrogen-bond donors (Lipinski definition) is 1. The molecule has 2 atom stereocenters. The minimum atomic E-state index is -0.241. The van der Waals surface area contributed by atoms with Gasteiger partial charge in [0, 0.05) is 37.3 Å². The highest BCUT2D eigenvalue weighted by Gasteiger charge is 2.32. The monoisotopic (exact) mass is 416 g/mol. The number of rotatable bonds is 7. The molecule has 6 nitrogen and oxygen atoms in total. The lowest BCUT2D eigenvalue weighted by Gasteiger charge is -2.44. The number of aliphatic hydroxyl groups excluding tert-OH is 1. The second kappa shape index (κ2) is 9.91. The van der Waals surface area contributed by atoms with Gasteiger partial charge in [-0.05, 0) is 37.6 Å². The average Bonchev–Trinajstić information content (AvgIpc) is 2.75. The van der Waals surface area contributed by atoms with Crippen LogP contribution < -0.4 is 9.47 Å². The van der Waals surface area contributed by atoms with Crippen LogP contribution in [-0.2, 0) is 17.9 Å². The summed E-state index contributed by atoms with van der Waals surface area (Å²) in [6, 6.07) is 12.0.